The zero-order chi connectivity index (χ0) is 12.4. The first-order chi connectivity index (χ1) is 8.08. The number of halogens is 2. The summed E-state index contributed by atoms with van der Waals surface area (Å²) in [6, 6.07) is 8.34. The van der Waals surface area contributed by atoms with E-state index >= 15 is 0 Å². The van der Waals surface area contributed by atoms with E-state index in [1.165, 1.54) is 3.57 Å². The van der Waals surface area contributed by atoms with Gasteiger partial charge in [0.2, 0.25) is 0 Å². The van der Waals surface area contributed by atoms with Crippen LogP contribution in [0.3, 0.4) is 0 Å². The van der Waals surface area contributed by atoms with E-state index in [1.54, 1.807) is 0 Å². The Morgan fingerprint density at radius 1 is 1.35 bits per heavy atom. The fourth-order valence-electron chi connectivity index (χ4n) is 1.63. The number of aromatic nitrogens is 2. The molecular formula is C12H13BrIN3. The third-order valence-corrected chi connectivity index (χ3v) is 4.32. The fourth-order valence-corrected chi connectivity index (χ4v) is 2.46. The molecule has 3 nitrogen and oxygen atoms in total. The molecule has 0 amide bonds. The Morgan fingerprint density at radius 3 is 2.53 bits per heavy atom. The average Bonchev–Trinajstić information content (AvgIpc) is 2.54. The topological polar surface area (TPSA) is 29.9 Å². The molecule has 0 atom stereocenters. The van der Waals surface area contributed by atoms with Crippen LogP contribution >= 0.6 is 38.5 Å². The molecule has 0 fully saturated rings. The summed E-state index contributed by atoms with van der Waals surface area (Å²) in [5, 5.41) is 7.75. The van der Waals surface area contributed by atoms with Gasteiger partial charge in [-0.25, -0.2) is 0 Å². The number of nitrogens with one attached hydrogen (secondary N) is 1. The number of rotatable bonds is 3. The molecule has 0 aliphatic heterocycles. The molecular weight excluding hydrogens is 393 g/mol. The van der Waals surface area contributed by atoms with Crippen molar-refractivity contribution in [2.24, 2.45) is 7.05 Å². The van der Waals surface area contributed by atoms with E-state index < -0.39 is 0 Å². The Labute approximate surface area is 123 Å². The van der Waals surface area contributed by atoms with Gasteiger partial charge in [-0.15, -0.1) is 0 Å². The molecule has 0 unspecified atom stereocenters. The predicted octanol–water partition coefficient (Wildman–Crippen LogP) is 3.71. The van der Waals surface area contributed by atoms with Crippen LogP contribution in [0.25, 0.3) is 0 Å². The Morgan fingerprint density at radius 2 is 2.00 bits per heavy atom. The number of benzene rings is 1. The molecule has 0 bridgehead atoms. The van der Waals surface area contributed by atoms with Crippen molar-refractivity contribution in [3.05, 3.63) is 43.7 Å². The predicted molar refractivity (Wildman–Crippen MR) is 82.1 cm³/mol. The first kappa shape index (κ1) is 12.9. The SMILES string of the molecule is Cc1nn(C)c(CNc2ccc(I)cc2)c1Br. The highest BCUT2D eigenvalue weighted by molar-refractivity contribution is 14.1. The van der Waals surface area contributed by atoms with Crippen molar-refractivity contribution in [1.29, 1.82) is 0 Å². The van der Waals surface area contributed by atoms with Crippen LogP contribution in [0.5, 0.6) is 0 Å². The lowest BCUT2D eigenvalue weighted by molar-refractivity contribution is 0.712. The van der Waals surface area contributed by atoms with Gasteiger partial charge in [-0.05, 0) is 69.7 Å². The van der Waals surface area contributed by atoms with Gasteiger partial charge in [0.15, 0.2) is 0 Å². The lowest BCUT2D eigenvalue weighted by atomic mass is 10.3. The molecule has 0 spiro atoms. The molecule has 0 radical (unpaired) electrons. The summed E-state index contributed by atoms with van der Waals surface area (Å²) in [5.74, 6) is 0. The molecule has 2 rings (SSSR count). The Balaban J connectivity index is 2.09. The van der Waals surface area contributed by atoms with Crippen LogP contribution in [0.15, 0.2) is 28.7 Å². The zero-order valence-electron chi connectivity index (χ0n) is 9.67. The molecule has 1 N–H and O–H groups in total. The maximum Gasteiger partial charge on any atom is 0.0739 e. The number of aryl methyl sites for hydroxylation is 2. The van der Waals surface area contributed by atoms with Gasteiger partial charge in [0.25, 0.3) is 0 Å². The fraction of sp³-hybridized carbons (Fsp3) is 0.250. The number of hydrogen-bond acceptors (Lipinski definition) is 2. The van der Waals surface area contributed by atoms with Gasteiger partial charge in [0.1, 0.15) is 0 Å². The lowest BCUT2D eigenvalue weighted by Gasteiger charge is -2.07. The molecule has 2 aromatic rings. The van der Waals surface area contributed by atoms with Crippen LogP contribution in [-0.2, 0) is 13.6 Å². The van der Waals surface area contributed by atoms with Crippen molar-refractivity contribution >= 4 is 44.2 Å². The minimum Gasteiger partial charge on any atom is -0.379 e. The molecule has 90 valence electrons. The quantitative estimate of drug-likeness (QED) is 0.789. The first-order valence-corrected chi connectivity index (χ1v) is 7.12. The Hall–Kier alpha value is -0.560. The summed E-state index contributed by atoms with van der Waals surface area (Å²) in [5.41, 5.74) is 3.30. The van der Waals surface area contributed by atoms with Gasteiger partial charge >= 0.3 is 0 Å². The van der Waals surface area contributed by atoms with Crippen LogP contribution in [0.2, 0.25) is 0 Å². The van der Waals surface area contributed by atoms with Crippen molar-refractivity contribution in [2.75, 3.05) is 5.32 Å². The van der Waals surface area contributed by atoms with Gasteiger partial charge in [-0.1, -0.05) is 0 Å². The van der Waals surface area contributed by atoms with E-state index in [4.69, 9.17) is 0 Å². The minimum absolute atomic E-state index is 0.762. The summed E-state index contributed by atoms with van der Waals surface area (Å²) < 4.78 is 4.22. The summed E-state index contributed by atoms with van der Waals surface area (Å²) in [6.45, 7) is 2.76. The maximum absolute atomic E-state index is 4.37. The van der Waals surface area contributed by atoms with Crippen molar-refractivity contribution in [1.82, 2.24) is 9.78 Å². The van der Waals surface area contributed by atoms with E-state index in [0.717, 1.165) is 28.1 Å². The largest absolute Gasteiger partial charge is 0.379 e. The molecule has 17 heavy (non-hydrogen) atoms. The highest BCUT2D eigenvalue weighted by atomic mass is 127. The van der Waals surface area contributed by atoms with Crippen molar-refractivity contribution in [3.63, 3.8) is 0 Å². The van der Waals surface area contributed by atoms with Crippen LogP contribution in [-0.4, -0.2) is 9.78 Å². The second-order valence-corrected chi connectivity index (χ2v) is 5.87. The first-order valence-electron chi connectivity index (χ1n) is 5.25. The normalized spacial score (nSPS) is 10.6. The molecule has 1 heterocycles. The highest BCUT2D eigenvalue weighted by Crippen LogP contribution is 2.21. The lowest BCUT2D eigenvalue weighted by Crippen LogP contribution is -2.05. The van der Waals surface area contributed by atoms with Crippen LogP contribution in [0.1, 0.15) is 11.4 Å². The van der Waals surface area contributed by atoms with E-state index in [9.17, 15) is 0 Å². The van der Waals surface area contributed by atoms with E-state index in [0.29, 0.717) is 0 Å². The van der Waals surface area contributed by atoms with E-state index in [-0.39, 0.29) is 0 Å². The van der Waals surface area contributed by atoms with Gasteiger partial charge < -0.3 is 5.32 Å². The second kappa shape index (κ2) is 5.39. The van der Waals surface area contributed by atoms with Crippen LogP contribution in [0.4, 0.5) is 5.69 Å². The summed E-state index contributed by atoms with van der Waals surface area (Å²) >= 11 is 5.86. The molecule has 0 aliphatic carbocycles. The van der Waals surface area contributed by atoms with Crippen molar-refractivity contribution in [2.45, 2.75) is 13.5 Å². The third-order valence-electron chi connectivity index (χ3n) is 2.57. The van der Waals surface area contributed by atoms with Gasteiger partial charge in [0, 0.05) is 16.3 Å². The Bertz CT molecular complexity index is 519. The van der Waals surface area contributed by atoms with Crippen molar-refractivity contribution < 1.29 is 0 Å². The maximum atomic E-state index is 4.37. The molecule has 1 aromatic heterocycles. The Kier molecular flexibility index (Phi) is 4.09. The van der Waals surface area contributed by atoms with Crippen LogP contribution in [0, 0.1) is 10.5 Å². The monoisotopic (exact) mass is 405 g/mol. The number of nitrogens with zero attached hydrogens (tertiary/aromatic N) is 2. The molecule has 0 saturated carbocycles. The molecule has 0 aliphatic rings. The summed E-state index contributed by atoms with van der Waals surface area (Å²) in [7, 11) is 1.96. The average molecular weight is 406 g/mol. The number of hydrogen-bond donors (Lipinski definition) is 1. The van der Waals surface area contributed by atoms with Crippen LogP contribution < -0.4 is 5.32 Å². The van der Waals surface area contributed by atoms with Crippen molar-refractivity contribution in [3.8, 4) is 0 Å². The number of anilines is 1. The van der Waals surface area contributed by atoms with Gasteiger partial charge in [-0.2, -0.15) is 5.10 Å². The minimum atomic E-state index is 0.762. The summed E-state index contributed by atoms with van der Waals surface area (Å²) in [6.07, 6.45) is 0. The van der Waals surface area contributed by atoms with E-state index in [2.05, 4.69) is 73.2 Å². The third kappa shape index (κ3) is 3.01. The van der Waals surface area contributed by atoms with Gasteiger partial charge in [0.05, 0.1) is 22.4 Å². The molecule has 1 aromatic carbocycles. The smallest absolute Gasteiger partial charge is 0.0739 e. The molecule has 0 saturated heterocycles. The standard InChI is InChI=1S/C12H13BrIN3/c1-8-12(13)11(17(2)16-8)7-15-10-5-3-9(14)4-6-10/h3-6,15H,7H2,1-2H3. The van der Waals surface area contributed by atoms with Gasteiger partial charge in [-0.3, -0.25) is 4.68 Å². The van der Waals surface area contributed by atoms with E-state index in [1.807, 2.05) is 18.7 Å². The highest BCUT2D eigenvalue weighted by Gasteiger charge is 2.09. The zero-order valence-corrected chi connectivity index (χ0v) is 13.4. The summed E-state index contributed by atoms with van der Waals surface area (Å²) in [4.78, 5) is 0. The molecule has 5 heteroatoms. The second-order valence-electron chi connectivity index (χ2n) is 3.83.